The van der Waals surface area contributed by atoms with Crippen molar-refractivity contribution in [3.63, 3.8) is 0 Å². The van der Waals surface area contributed by atoms with E-state index in [9.17, 15) is 13.6 Å². The fourth-order valence-corrected chi connectivity index (χ4v) is 4.84. The normalized spacial score (nSPS) is 19.7. The molecular weight excluding hydrogens is 468 g/mol. The van der Waals surface area contributed by atoms with Gasteiger partial charge in [0.15, 0.2) is 17.5 Å². The Hall–Kier alpha value is -3.73. The lowest BCUT2D eigenvalue weighted by atomic mass is 9.87. The summed E-state index contributed by atoms with van der Waals surface area (Å²) >= 11 is 0. The van der Waals surface area contributed by atoms with Crippen molar-refractivity contribution in [1.29, 1.82) is 0 Å². The summed E-state index contributed by atoms with van der Waals surface area (Å²) in [5.41, 5.74) is 7.90. The number of amides is 1. The summed E-state index contributed by atoms with van der Waals surface area (Å²) in [5.74, 6) is -1.65. The quantitative estimate of drug-likeness (QED) is 0.590. The number of hydrogen-bond donors (Lipinski definition) is 1. The summed E-state index contributed by atoms with van der Waals surface area (Å²) in [6.07, 6.45) is 5.76. The molecule has 5 rings (SSSR count). The van der Waals surface area contributed by atoms with E-state index in [-0.39, 0.29) is 34.8 Å². The van der Waals surface area contributed by atoms with E-state index < -0.39 is 11.6 Å². The predicted molar refractivity (Wildman–Crippen MR) is 129 cm³/mol. The number of carbonyl (C=O) groups excluding carboxylic acids is 1. The van der Waals surface area contributed by atoms with Crippen LogP contribution >= 0.6 is 0 Å². The summed E-state index contributed by atoms with van der Waals surface area (Å²) in [6.45, 7) is 5.72. The Morgan fingerprint density at radius 2 is 2.11 bits per heavy atom. The largest absolute Gasteiger partial charge is 0.383 e. The number of ether oxygens (including phenoxy) is 1. The van der Waals surface area contributed by atoms with Gasteiger partial charge in [0.05, 0.1) is 11.2 Å². The number of rotatable bonds is 4. The Morgan fingerprint density at radius 1 is 1.28 bits per heavy atom. The summed E-state index contributed by atoms with van der Waals surface area (Å²) in [5, 5.41) is 11.5. The number of benzene rings is 1. The van der Waals surface area contributed by atoms with E-state index in [1.54, 1.807) is 12.3 Å². The van der Waals surface area contributed by atoms with Crippen molar-refractivity contribution < 1.29 is 18.3 Å². The predicted octanol–water partition coefficient (Wildman–Crippen LogP) is 3.41. The minimum Gasteiger partial charge on any atom is -0.383 e. The molecule has 2 aromatic heterocycles. The SMILES string of the molecule is CC1(C)CC(C(=O)N2CC=C(c3cnc(N)c(-c4nnnn4-c4cccc(F)c4F)c3)CC2)CCO1. The molecule has 2 aliphatic heterocycles. The molecule has 11 heteroatoms. The highest BCUT2D eigenvalue weighted by Gasteiger charge is 2.35. The molecule has 0 bridgehead atoms. The van der Waals surface area contributed by atoms with Gasteiger partial charge in [0.25, 0.3) is 0 Å². The van der Waals surface area contributed by atoms with E-state index in [1.165, 1.54) is 12.1 Å². The monoisotopic (exact) mass is 495 g/mol. The molecule has 0 spiro atoms. The van der Waals surface area contributed by atoms with Gasteiger partial charge >= 0.3 is 0 Å². The van der Waals surface area contributed by atoms with Crippen molar-refractivity contribution in [2.24, 2.45) is 5.92 Å². The molecule has 1 saturated heterocycles. The minimum absolute atomic E-state index is 0.0319. The Kier molecular flexibility index (Phi) is 6.25. The summed E-state index contributed by atoms with van der Waals surface area (Å²) < 4.78 is 35.1. The Labute approximate surface area is 206 Å². The molecule has 0 aliphatic carbocycles. The topological polar surface area (TPSA) is 112 Å². The number of nitrogen functional groups attached to an aromatic ring is 1. The lowest BCUT2D eigenvalue weighted by molar-refractivity contribution is -0.145. The average molecular weight is 496 g/mol. The van der Waals surface area contributed by atoms with Crippen molar-refractivity contribution in [2.75, 3.05) is 25.4 Å². The van der Waals surface area contributed by atoms with Crippen LogP contribution in [0.4, 0.5) is 14.6 Å². The number of carbonyl (C=O) groups is 1. The van der Waals surface area contributed by atoms with Crippen molar-refractivity contribution in [3.8, 4) is 17.1 Å². The van der Waals surface area contributed by atoms with Crippen LogP contribution in [0.3, 0.4) is 0 Å². The molecule has 36 heavy (non-hydrogen) atoms. The van der Waals surface area contributed by atoms with Gasteiger partial charge < -0.3 is 15.4 Å². The first kappa shape index (κ1) is 24.0. The zero-order valence-electron chi connectivity index (χ0n) is 20.1. The van der Waals surface area contributed by atoms with Gasteiger partial charge in [-0.2, -0.15) is 4.68 Å². The third-order valence-electron chi connectivity index (χ3n) is 6.73. The fraction of sp³-hybridized carbons (Fsp3) is 0.400. The number of pyridine rings is 1. The van der Waals surface area contributed by atoms with E-state index in [1.807, 2.05) is 24.8 Å². The van der Waals surface area contributed by atoms with Gasteiger partial charge in [-0.05, 0) is 72.9 Å². The van der Waals surface area contributed by atoms with Gasteiger partial charge in [-0.15, -0.1) is 5.10 Å². The third-order valence-corrected chi connectivity index (χ3v) is 6.73. The van der Waals surface area contributed by atoms with Crippen molar-refractivity contribution in [2.45, 2.75) is 38.7 Å². The molecular formula is C25H27F2N7O2. The van der Waals surface area contributed by atoms with Crippen LogP contribution in [0.25, 0.3) is 22.6 Å². The maximum absolute atomic E-state index is 14.4. The molecule has 0 radical (unpaired) electrons. The van der Waals surface area contributed by atoms with Crippen molar-refractivity contribution >= 4 is 17.3 Å². The summed E-state index contributed by atoms with van der Waals surface area (Å²) in [7, 11) is 0. The average Bonchev–Trinajstić information content (AvgIpc) is 3.34. The zero-order valence-corrected chi connectivity index (χ0v) is 20.1. The van der Waals surface area contributed by atoms with Gasteiger partial charge in [0, 0.05) is 31.8 Å². The van der Waals surface area contributed by atoms with Crippen LogP contribution in [0.1, 0.15) is 38.7 Å². The number of anilines is 1. The molecule has 188 valence electrons. The van der Waals surface area contributed by atoms with Crippen molar-refractivity contribution in [3.05, 3.63) is 53.7 Å². The highest BCUT2D eigenvalue weighted by molar-refractivity contribution is 5.81. The van der Waals surface area contributed by atoms with E-state index in [4.69, 9.17) is 10.5 Å². The van der Waals surface area contributed by atoms with Crippen LogP contribution in [-0.4, -0.2) is 61.3 Å². The molecule has 2 aliphatic rings. The standard InChI is InChI=1S/C25H27F2N7O2/c1-25(2)13-16(8-11-36-25)24(35)33-9-6-15(7-10-33)17-12-18(22(28)29-14-17)23-30-31-32-34(23)20-5-3-4-19(26)21(20)27/h3-6,12,14,16H,7-11,13H2,1-2H3,(H2,28,29). The van der Waals surface area contributed by atoms with Gasteiger partial charge in [-0.3, -0.25) is 4.79 Å². The Bertz CT molecular complexity index is 1340. The number of halogens is 2. The highest BCUT2D eigenvalue weighted by atomic mass is 19.2. The van der Waals surface area contributed by atoms with Crippen LogP contribution in [-0.2, 0) is 9.53 Å². The van der Waals surface area contributed by atoms with Crippen molar-refractivity contribution in [1.82, 2.24) is 30.1 Å². The molecule has 1 amide bonds. The van der Waals surface area contributed by atoms with Crippen LogP contribution in [0, 0.1) is 17.6 Å². The van der Waals surface area contributed by atoms with Gasteiger partial charge in [-0.25, -0.2) is 13.8 Å². The molecule has 1 fully saturated rings. The molecule has 1 unspecified atom stereocenters. The molecule has 4 heterocycles. The summed E-state index contributed by atoms with van der Waals surface area (Å²) in [6, 6.07) is 5.55. The second-order valence-corrected chi connectivity index (χ2v) is 9.71. The van der Waals surface area contributed by atoms with E-state index >= 15 is 0 Å². The molecule has 0 saturated carbocycles. The van der Waals surface area contributed by atoms with E-state index in [0.717, 1.165) is 28.3 Å². The van der Waals surface area contributed by atoms with Crippen LogP contribution in [0.15, 0.2) is 36.5 Å². The first-order valence-corrected chi connectivity index (χ1v) is 11.8. The van der Waals surface area contributed by atoms with E-state index in [2.05, 4.69) is 20.5 Å². The Morgan fingerprint density at radius 3 is 2.86 bits per heavy atom. The van der Waals surface area contributed by atoms with E-state index in [0.29, 0.717) is 38.1 Å². The van der Waals surface area contributed by atoms with Crippen LogP contribution in [0.2, 0.25) is 0 Å². The van der Waals surface area contributed by atoms with Gasteiger partial charge in [0.1, 0.15) is 11.5 Å². The molecule has 1 aromatic carbocycles. The maximum atomic E-state index is 14.4. The van der Waals surface area contributed by atoms with Crippen LogP contribution in [0.5, 0.6) is 0 Å². The smallest absolute Gasteiger partial charge is 0.226 e. The molecule has 1 atom stereocenters. The van der Waals surface area contributed by atoms with Crippen LogP contribution < -0.4 is 5.73 Å². The number of hydrogen-bond acceptors (Lipinski definition) is 7. The maximum Gasteiger partial charge on any atom is 0.226 e. The number of tetrazole rings is 1. The first-order valence-electron chi connectivity index (χ1n) is 11.8. The molecule has 3 aromatic rings. The molecule has 2 N–H and O–H groups in total. The number of nitrogens with two attached hydrogens (primary N) is 1. The number of nitrogens with zero attached hydrogens (tertiary/aromatic N) is 6. The van der Waals surface area contributed by atoms with Gasteiger partial charge in [0.2, 0.25) is 5.91 Å². The highest BCUT2D eigenvalue weighted by Crippen LogP contribution is 2.33. The zero-order chi connectivity index (χ0) is 25.4. The number of aromatic nitrogens is 5. The first-order chi connectivity index (χ1) is 17.2. The lowest BCUT2D eigenvalue weighted by Gasteiger charge is -2.37. The molecule has 9 nitrogen and oxygen atoms in total. The fourth-order valence-electron chi connectivity index (χ4n) is 4.84. The second kappa shape index (κ2) is 9.38. The summed E-state index contributed by atoms with van der Waals surface area (Å²) in [4.78, 5) is 19.3. The van der Waals surface area contributed by atoms with Gasteiger partial charge in [-0.1, -0.05) is 12.1 Å². The third kappa shape index (κ3) is 4.58. The lowest BCUT2D eigenvalue weighted by Crippen LogP contribution is -2.44. The minimum atomic E-state index is -1.07. The Balaban J connectivity index is 1.38. The second-order valence-electron chi connectivity index (χ2n) is 9.71.